The smallest absolute Gasteiger partial charge is 0.120 e. The molecule has 0 fully saturated rings. The zero-order valence-electron chi connectivity index (χ0n) is 10.9. The fourth-order valence-electron chi connectivity index (χ4n) is 1.87. The third-order valence-electron chi connectivity index (χ3n) is 2.64. The number of benzene rings is 1. The zero-order valence-corrected chi connectivity index (χ0v) is 13.3. The lowest BCUT2D eigenvalue weighted by Crippen LogP contribution is -2.28. The molecule has 2 rings (SSSR count). The Kier molecular flexibility index (Phi) is 4.99. The van der Waals surface area contributed by atoms with Crippen molar-refractivity contribution < 1.29 is 4.74 Å². The monoisotopic (exact) mass is 340 g/mol. The Labute approximate surface area is 125 Å². The third kappa shape index (κ3) is 3.57. The largest absolute Gasteiger partial charge is 0.491 e. The highest BCUT2D eigenvalue weighted by Crippen LogP contribution is 2.33. The van der Waals surface area contributed by atoms with Gasteiger partial charge in [0.2, 0.25) is 0 Å². The third-order valence-corrected chi connectivity index (χ3v) is 4.57. The number of hydrogen-bond acceptors (Lipinski definition) is 4. The lowest BCUT2D eigenvalue weighted by molar-refractivity contribution is 0.242. The summed E-state index contributed by atoms with van der Waals surface area (Å²) in [5, 5.41) is 2.04. The summed E-state index contributed by atoms with van der Waals surface area (Å²) in [5.74, 6) is 6.57. The molecule has 102 valence electrons. The van der Waals surface area contributed by atoms with Crippen LogP contribution in [0.5, 0.6) is 5.75 Å². The summed E-state index contributed by atoms with van der Waals surface area (Å²) in [4.78, 5) is 1.16. The van der Waals surface area contributed by atoms with Gasteiger partial charge in [-0.3, -0.25) is 5.84 Å². The van der Waals surface area contributed by atoms with Crippen LogP contribution in [-0.4, -0.2) is 6.10 Å². The van der Waals surface area contributed by atoms with Crippen LogP contribution in [0.1, 0.15) is 30.3 Å². The standard InChI is InChI=1S/C14H17BrN2OS/c1-9(2)18-11-5-3-4-10(8-11)13(17-16)14-12(15)6-7-19-14/h3-9,13,17H,16H2,1-2H3. The van der Waals surface area contributed by atoms with Crippen LogP contribution in [-0.2, 0) is 0 Å². The van der Waals surface area contributed by atoms with Gasteiger partial charge in [0, 0.05) is 9.35 Å². The molecular weight excluding hydrogens is 324 g/mol. The minimum absolute atomic E-state index is 0.0370. The molecule has 5 heteroatoms. The Hall–Kier alpha value is -0.880. The van der Waals surface area contributed by atoms with Crippen molar-refractivity contribution in [2.75, 3.05) is 0 Å². The summed E-state index contributed by atoms with van der Waals surface area (Å²) < 4.78 is 6.79. The topological polar surface area (TPSA) is 47.3 Å². The van der Waals surface area contributed by atoms with E-state index in [1.54, 1.807) is 11.3 Å². The molecular formula is C14H17BrN2OS. The molecule has 0 saturated heterocycles. The van der Waals surface area contributed by atoms with E-state index in [0.29, 0.717) is 0 Å². The zero-order chi connectivity index (χ0) is 13.8. The summed E-state index contributed by atoms with van der Waals surface area (Å²) in [6.07, 6.45) is 0.160. The summed E-state index contributed by atoms with van der Waals surface area (Å²) in [6.45, 7) is 4.03. The molecule has 3 N–H and O–H groups in total. The highest BCUT2D eigenvalue weighted by molar-refractivity contribution is 9.10. The summed E-state index contributed by atoms with van der Waals surface area (Å²) >= 11 is 5.21. The molecule has 1 aromatic carbocycles. The molecule has 0 aliphatic rings. The second-order valence-electron chi connectivity index (χ2n) is 4.47. The molecule has 0 aliphatic heterocycles. The van der Waals surface area contributed by atoms with Crippen molar-refractivity contribution >= 4 is 27.3 Å². The first-order chi connectivity index (χ1) is 9.11. The maximum Gasteiger partial charge on any atom is 0.120 e. The fraction of sp³-hybridized carbons (Fsp3) is 0.286. The number of nitrogens with two attached hydrogens (primary N) is 1. The Balaban J connectivity index is 2.31. The minimum atomic E-state index is -0.0370. The van der Waals surface area contributed by atoms with E-state index in [1.807, 2.05) is 49.6 Å². The van der Waals surface area contributed by atoms with E-state index in [0.717, 1.165) is 20.7 Å². The van der Waals surface area contributed by atoms with Crippen molar-refractivity contribution in [2.24, 2.45) is 5.84 Å². The molecule has 0 spiro atoms. The number of halogens is 1. The lowest BCUT2D eigenvalue weighted by atomic mass is 10.1. The molecule has 1 atom stereocenters. The van der Waals surface area contributed by atoms with Crippen LogP contribution in [0, 0.1) is 0 Å². The molecule has 1 unspecified atom stereocenters. The SMILES string of the molecule is CC(C)Oc1cccc(C(NN)c2sccc2Br)c1. The predicted molar refractivity (Wildman–Crippen MR) is 83.4 cm³/mol. The maximum atomic E-state index is 5.72. The normalized spacial score (nSPS) is 12.7. The van der Waals surface area contributed by atoms with Crippen LogP contribution in [0.3, 0.4) is 0 Å². The summed E-state index contributed by atoms with van der Waals surface area (Å²) in [7, 11) is 0. The van der Waals surface area contributed by atoms with E-state index in [4.69, 9.17) is 10.6 Å². The van der Waals surface area contributed by atoms with E-state index in [1.165, 1.54) is 0 Å². The van der Waals surface area contributed by atoms with Gasteiger partial charge in [-0.15, -0.1) is 11.3 Å². The highest BCUT2D eigenvalue weighted by atomic mass is 79.9. The second-order valence-corrected chi connectivity index (χ2v) is 6.27. The fourth-order valence-corrected chi connectivity index (χ4v) is 3.56. The van der Waals surface area contributed by atoms with Crippen molar-refractivity contribution in [1.82, 2.24) is 5.43 Å². The molecule has 0 bridgehead atoms. The van der Waals surface area contributed by atoms with Crippen molar-refractivity contribution in [1.29, 1.82) is 0 Å². The van der Waals surface area contributed by atoms with Crippen LogP contribution in [0.25, 0.3) is 0 Å². The van der Waals surface area contributed by atoms with E-state index >= 15 is 0 Å². The van der Waals surface area contributed by atoms with Crippen molar-refractivity contribution in [2.45, 2.75) is 26.0 Å². The molecule has 3 nitrogen and oxygen atoms in total. The number of rotatable bonds is 5. The van der Waals surface area contributed by atoms with Crippen LogP contribution in [0.2, 0.25) is 0 Å². The quantitative estimate of drug-likeness (QED) is 0.641. The van der Waals surface area contributed by atoms with Gasteiger partial charge >= 0.3 is 0 Å². The van der Waals surface area contributed by atoms with E-state index in [9.17, 15) is 0 Å². The molecule has 1 heterocycles. The minimum Gasteiger partial charge on any atom is -0.491 e. The molecule has 2 aromatic rings. The second kappa shape index (κ2) is 6.52. The Morgan fingerprint density at radius 2 is 2.11 bits per heavy atom. The first kappa shape index (κ1) is 14.5. The lowest BCUT2D eigenvalue weighted by Gasteiger charge is -2.17. The summed E-state index contributed by atoms with van der Waals surface area (Å²) in [5.41, 5.74) is 3.95. The molecule has 0 saturated carbocycles. The number of hydrazine groups is 1. The van der Waals surface area contributed by atoms with Crippen LogP contribution >= 0.6 is 27.3 Å². The predicted octanol–water partition coefficient (Wildman–Crippen LogP) is 3.85. The van der Waals surface area contributed by atoms with E-state index in [-0.39, 0.29) is 12.1 Å². The van der Waals surface area contributed by atoms with E-state index < -0.39 is 0 Å². The number of nitrogens with one attached hydrogen (secondary N) is 1. The van der Waals surface area contributed by atoms with Crippen LogP contribution in [0.15, 0.2) is 40.2 Å². The number of ether oxygens (including phenoxy) is 1. The van der Waals surface area contributed by atoms with Gasteiger partial charge in [-0.25, -0.2) is 5.43 Å². The van der Waals surface area contributed by atoms with Crippen molar-refractivity contribution in [3.63, 3.8) is 0 Å². The van der Waals surface area contributed by atoms with Gasteiger partial charge in [0.1, 0.15) is 5.75 Å². The van der Waals surface area contributed by atoms with Gasteiger partial charge in [0.25, 0.3) is 0 Å². The van der Waals surface area contributed by atoms with Gasteiger partial charge in [-0.05, 0) is 58.9 Å². The van der Waals surface area contributed by atoms with Crippen LogP contribution < -0.4 is 16.0 Å². The molecule has 19 heavy (non-hydrogen) atoms. The first-order valence-corrected chi connectivity index (χ1v) is 7.74. The summed E-state index contributed by atoms with van der Waals surface area (Å²) in [6, 6.07) is 10.0. The van der Waals surface area contributed by atoms with Gasteiger partial charge in [0.15, 0.2) is 0 Å². The van der Waals surface area contributed by atoms with Gasteiger partial charge in [-0.2, -0.15) is 0 Å². The number of thiophene rings is 1. The van der Waals surface area contributed by atoms with E-state index in [2.05, 4.69) is 21.4 Å². The average molecular weight is 341 g/mol. The average Bonchev–Trinajstić information content (AvgIpc) is 2.77. The Morgan fingerprint density at radius 3 is 2.68 bits per heavy atom. The first-order valence-electron chi connectivity index (χ1n) is 6.07. The van der Waals surface area contributed by atoms with Crippen LogP contribution in [0.4, 0.5) is 0 Å². The molecule has 0 amide bonds. The van der Waals surface area contributed by atoms with Gasteiger partial charge in [-0.1, -0.05) is 12.1 Å². The molecule has 0 radical (unpaired) electrons. The Bertz CT molecular complexity index is 542. The Morgan fingerprint density at radius 1 is 1.32 bits per heavy atom. The molecule has 0 aliphatic carbocycles. The number of hydrogen-bond donors (Lipinski definition) is 2. The van der Waals surface area contributed by atoms with Gasteiger partial charge in [0.05, 0.1) is 12.1 Å². The molecule has 1 aromatic heterocycles. The van der Waals surface area contributed by atoms with Crippen molar-refractivity contribution in [3.8, 4) is 5.75 Å². The van der Waals surface area contributed by atoms with Crippen molar-refractivity contribution in [3.05, 3.63) is 50.6 Å². The van der Waals surface area contributed by atoms with Gasteiger partial charge < -0.3 is 4.74 Å². The highest BCUT2D eigenvalue weighted by Gasteiger charge is 2.17. The maximum absolute atomic E-state index is 5.72.